The second-order valence-electron chi connectivity index (χ2n) is 8.07. The Morgan fingerprint density at radius 1 is 1.25 bits per heavy atom. The molecule has 0 bridgehead atoms. The highest BCUT2D eigenvalue weighted by atomic mass is 16.6. The van der Waals surface area contributed by atoms with Crippen molar-refractivity contribution in [3.63, 3.8) is 0 Å². The van der Waals surface area contributed by atoms with Crippen LogP contribution in [0.4, 0.5) is 4.79 Å². The number of carbonyl (C=O) groups is 2. The van der Waals surface area contributed by atoms with Crippen LogP contribution in [0.5, 0.6) is 0 Å². The first-order valence-electron chi connectivity index (χ1n) is 8.21. The van der Waals surface area contributed by atoms with Gasteiger partial charge >= 0.3 is 6.09 Å². The lowest BCUT2D eigenvalue weighted by molar-refractivity contribution is 0.0509. The van der Waals surface area contributed by atoms with Crippen molar-refractivity contribution in [2.45, 2.75) is 66.0 Å². The zero-order chi connectivity index (χ0) is 18.5. The third-order valence-electron chi connectivity index (χ3n) is 3.02. The lowest BCUT2D eigenvalue weighted by Crippen LogP contribution is -2.52. The number of amides is 2. The van der Waals surface area contributed by atoms with E-state index in [2.05, 4.69) is 34.7 Å². The molecule has 0 atom stereocenters. The normalized spacial score (nSPS) is 12.2. The van der Waals surface area contributed by atoms with Crippen LogP contribution < -0.4 is 10.6 Å². The Labute approximate surface area is 143 Å². The minimum absolute atomic E-state index is 0.247. The van der Waals surface area contributed by atoms with E-state index in [1.165, 1.54) is 0 Å². The molecule has 0 aliphatic heterocycles. The van der Waals surface area contributed by atoms with Gasteiger partial charge in [0, 0.05) is 12.2 Å². The molecule has 1 rings (SSSR count). The maximum Gasteiger partial charge on any atom is 0.407 e. The van der Waals surface area contributed by atoms with Crippen LogP contribution in [0.1, 0.15) is 64.6 Å². The molecule has 0 saturated heterocycles. The van der Waals surface area contributed by atoms with Crippen molar-refractivity contribution in [1.29, 1.82) is 0 Å². The van der Waals surface area contributed by atoms with Crippen molar-refractivity contribution in [2.75, 3.05) is 6.54 Å². The number of H-pyrrole nitrogens is 1. The molecule has 0 aliphatic rings. The second kappa shape index (κ2) is 7.68. The molecule has 7 nitrogen and oxygen atoms in total. The summed E-state index contributed by atoms with van der Waals surface area (Å²) in [5, 5.41) is 12.5. The molecule has 7 heteroatoms. The van der Waals surface area contributed by atoms with Gasteiger partial charge in [-0.05, 0) is 53.0 Å². The highest BCUT2D eigenvalue weighted by Gasteiger charge is 2.25. The predicted octanol–water partition coefficient (Wildman–Crippen LogP) is 2.64. The van der Waals surface area contributed by atoms with E-state index < -0.39 is 17.2 Å². The van der Waals surface area contributed by atoms with Gasteiger partial charge in [0.05, 0.1) is 5.54 Å². The lowest BCUT2D eigenvalue weighted by Gasteiger charge is -2.27. The number of nitrogens with one attached hydrogen (secondary N) is 3. The van der Waals surface area contributed by atoms with Gasteiger partial charge in [0.2, 0.25) is 0 Å². The molecule has 2 amide bonds. The number of alkyl carbamates (subject to hydrolysis) is 1. The fourth-order valence-electron chi connectivity index (χ4n) is 2.05. The van der Waals surface area contributed by atoms with Gasteiger partial charge in [-0.1, -0.05) is 13.8 Å². The maximum atomic E-state index is 12.3. The highest BCUT2D eigenvalue weighted by molar-refractivity contribution is 5.92. The lowest BCUT2D eigenvalue weighted by atomic mass is 10.1. The third kappa shape index (κ3) is 7.48. The Kier molecular flexibility index (Phi) is 6.40. The topological polar surface area (TPSA) is 96.1 Å². The van der Waals surface area contributed by atoms with Gasteiger partial charge in [-0.25, -0.2) is 4.79 Å². The fraction of sp³-hybridized carbons (Fsp3) is 0.706. The largest absolute Gasteiger partial charge is 0.444 e. The molecule has 0 fully saturated rings. The summed E-state index contributed by atoms with van der Waals surface area (Å²) in [4.78, 5) is 24.0. The van der Waals surface area contributed by atoms with Crippen LogP contribution in [0.25, 0.3) is 0 Å². The number of aromatic amines is 1. The molecule has 0 aliphatic carbocycles. The molecule has 3 N–H and O–H groups in total. The molecule has 0 radical (unpaired) electrons. The zero-order valence-electron chi connectivity index (χ0n) is 15.7. The molecule has 0 saturated carbocycles. The van der Waals surface area contributed by atoms with Crippen LogP contribution in [0, 0.1) is 5.92 Å². The standard InChI is InChI=1S/C17H30N4O3/c1-11(2)8-12-9-13(21-20-12)14(22)19-17(6,7)10-18-15(23)24-16(3,4)5/h9,11H,8,10H2,1-7H3,(H,18,23)(H,19,22)(H,20,21). The summed E-state index contributed by atoms with van der Waals surface area (Å²) in [6.07, 6.45) is 0.327. The number of nitrogens with zero attached hydrogens (tertiary/aromatic N) is 1. The predicted molar refractivity (Wildman–Crippen MR) is 92.9 cm³/mol. The van der Waals surface area contributed by atoms with Crippen LogP contribution in [0.15, 0.2) is 6.07 Å². The van der Waals surface area contributed by atoms with Crippen molar-refractivity contribution in [2.24, 2.45) is 5.92 Å². The smallest absolute Gasteiger partial charge is 0.407 e. The number of aromatic nitrogens is 2. The summed E-state index contributed by atoms with van der Waals surface area (Å²) >= 11 is 0. The van der Waals surface area contributed by atoms with E-state index in [0.717, 1.165) is 12.1 Å². The fourth-order valence-corrected chi connectivity index (χ4v) is 2.05. The molecular weight excluding hydrogens is 308 g/mol. The van der Waals surface area contributed by atoms with E-state index in [1.807, 2.05) is 13.8 Å². The van der Waals surface area contributed by atoms with Gasteiger partial charge in [0.1, 0.15) is 11.3 Å². The van der Waals surface area contributed by atoms with E-state index in [0.29, 0.717) is 11.6 Å². The number of hydrogen-bond acceptors (Lipinski definition) is 4. The average molecular weight is 338 g/mol. The minimum Gasteiger partial charge on any atom is -0.444 e. The summed E-state index contributed by atoms with van der Waals surface area (Å²) in [5.74, 6) is 0.202. The van der Waals surface area contributed by atoms with E-state index in [-0.39, 0.29) is 12.5 Å². The van der Waals surface area contributed by atoms with Crippen molar-refractivity contribution < 1.29 is 14.3 Å². The van der Waals surface area contributed by atoms with Crippen LogP contribution in [-0.4, -0.2) is 39.9 Å². The minimum atomic E-state index is -0.634. The number of rotatable bonds is 6. The molecule has 0 unspecified atom stereocenters. The summed E-state index contributed by atoms with van der Waals surface area (Å²) in [6, 6.07) is 1.76. The van der Waals surface area contributed by atoms with Crippen molar-refractivity contribution in [3.05, 3.63) is 17.5 Å². The number of ether oxygens (including phenoxy) is 1. The summed E-state index contributed by atoms with van der Waals surface area (Å²) in [5.41, 5.74) is 0.0839. The van der Waals surface area contributed by atoms with E-state index in [9.17, 15) is 9.59 Å². The van der Waals surface area contributed by atoms with Gasteiger partial charge in [0.25, 0.3) is 5.91 Å². The summed E-state index contributed by atoms with van der Waals surface area (Å²) in [7, 11) is 0. The van der Waals surface area contributed by atoms with E-state index in [1.54, 1.807) is 26.8 Å². The third-order valence-corrected chi connectivity index (χ3v) is 3.02. The SMILES string of the molecule is CC(C)Cc1cc(C(=O)NC(C)(C)CNC(=O)OC(C)(C)C)n[nH]1. The molecule has 1 aromatic heterocycles. The molecule has 1 aromatic rings. The first kappa shape index (κ1) is 20.0. The molecule has 136 valence electrons. The molecule has 1 heterocycles. The first-order valence-corrected chi connectivity index (χ1v) is 8.21. The summed E-state index contributed by atoms with van der Waals surface area (Å²) < 4.78 is 5.18. The Bertz CT molecular complexity index is 571. The van der Waals surface area contributed by atoms with Crippen molar-refractivity contribution in [1.82, 2.24) is 20.8 Å². The van der Waals surface area contributed by atoms with Crippen LogP contribution >= 0.6 is 0 Å². The molecule has 24 heavy (non-hydrogen) atoms. The number of hydrogen-bond donors (Lipinski definition) is 3. The van der Waals surface area contributed by atoms with Crippen LogP contribution in [-0.2, 0) is 11.2 Å². The maximum absolute atomic E-state index is 12.3. The first-order chi connectivity index (χ1) is 10.9. The highest BCUT2D eigenvalue weighted by Crippen LogP contribution is 2.10. The number of carbonyl (C=O) groups excluding carboxylic acids is 2. The Morgan fingerprint density at radius 2 is 1.88 bits per heavy atom. The van der Waals surface area contributed by atoms with Gasteiger partial charge in [-0.2, -0.15) is 5.10 Å². The molecule has 0 spiro atoms. The monoisotopic (exact) mass is 338 g/mol. The van der Waals surface area contributed by atoms with Crippen LogP contribution in [0.2, 0.25) is 0 Å². The van der Waals surface area contributed by atoms with Crippen molar-refractivity contribution in [3.8, 4) is 0 Å². The Balaban J connectivity index is 2.55. The zero-order valence-corrected chi connectivity index (χ0v) is 15.7. The average Bonchev–Trinajstić information content (AvgIpc) is 2.82. The Hall–Kier alpha value is -2.05. The summed E-state index contributed by atoms with van der Waals surface area (Å²) in [6.45, 7) is 13.5. The van der Waals surface area contributed by atoms with E-state index in [4.69, 9.17) is 4.74 Å². The van der Waals surface area contributed by atoms with Gasteiger partial charge in [-0.3, -0.25) is 9.89 Å². The molecule has 0 aromatic carbocycles. The van der Waals surface area contributed by atoms with Gasteiger partial charge in [-0.15, -0.1) is 0 Å². The quantitative estimate of drug-likeness (QED) is 0.743. The van der Waals surface area contributed by atoms with Crippen LogP contribution in [0.3, 0.4) is 0 Å². The van der Waals surface area contributed by atoms with Crippen molar-refractivity contribution >= 4 is 12.0 Å². The Morgan fingerprint density at radius 3 is 2.42 bits per heavy atom. The van der Waals surface area contributed by atoms with Gasteiger partial charge in [0.15, 0.2) is 0 Å². The van der Waals surface area contributed by atoms with Gasteiger partial charge < -0.3 is 15.4 Å². The van der Waals surface area contributed by atoms with E-state index >= 15 is 0 Å². The second-order valence-corrected chi connectivity index (χ2v) is 8.07. The molecular formula is C17H30N4O3.